The number of methoxy groups -OCH3 is 2. The Morgan fingerprint density at radius 2 is 1.68 bits per heavy atom. The Bertz CT molecular complexity index is 693. The fourth-order valence-corrected chi connectivity index (χ4v) is 2.31. The Morgan fingerprint density at radius 3 is 2.28 bits per heavy atom. The second kappa shape index (κ2) is 11.0. The molecule has 0 saturated carbocycles. The Balaban J connectivity index is 0.00000312. The molecule has 2 rings (SSSR count). The number of hydrogen-bond donors (Lipinski definition) is 2. The monoisotopic (exact) mass is 475 g/mol. The van der Waals surface area contributed by atoms with Crippen LogP contribution in [0.2, 0.25) is 5.02 Å². The quantitative estimate of drug-likeness (QED) is 0.379. The molecular weight excluding hydrogens is 453 g/mol. The molecule has 0 unspecified atom stereocenters. The lowest BCUT2D eigenvalue weighted by molar-refractivity contribution is 0.390. The molecule has 0 spiro atoms. The zero-order valence-electron chi connectivity index (χ0n) is 14.5. The molecule has 0 atom stereocenters. The first-order valence-electron chi connectivity index (χ1n) is 7.56. The number of halogens is 2. The lowest BCUT2D eigenvalue weighted by Crippen LogP contribution is -2.36. The summed E-state index contributed by atoms with van der Waals surface area (Å²) in [6.45, 7) is 1.25. The lowest BCUT2D eigenvalue weighted by atomic mass is 10.2. The van der Waals surface area contributed by atoms with Crippen LogP contribution in [0.4, 0.5) is 0 Å². The van der Waals surface area contributed by atoms with Crippen LogP contribution in [0.1, 0.15) is 11.1 Å². The summed E-state index contributed by atoms with van der Waals surface area (Å²) in [6.07, 6.45) is 0. The van der Waals surface area contributed by atoms with Crippen LogP contribution in [-0.2, 0) is 13.1 Å². The SMILES string of the molecule is CN=C(NCc1ccc(Cl)cc1)NCc1ccc(OC)cc1OC.I. The molecule has 7 heteroatoms. The van der Waals surface area contributed by atoms with Crippen LogP contribution in [0.5, 0.6) is 11.5 Å². The van der Waals surface area contributed by atoms with Crippen molar-refractivity contribution in [3.05, 3.63) is 58.6 Å². The van der Waals surface area contributed by atoms with E-state index in [1.807, 2.05) is 42.5 Å². The average molecular weight is 476 g/mol. The van der Waals surface area contributed by atoms with Crippen LogP contribution < -0.4 is 20.1 Å². The molecule has 0 aromatic heterocycles. The highest BCUT2D eigenvalue weighted by Gasteiger charge is 2.06. The number of aliphatic imine (C=N–C) groups is 1. The van der Waals surface area contributed by atoms with Gasteiger partial charge in [-0.1, -0.05) is 23.7 Å². The van der Waals surface area contributed by atoms with Crippen LogP contribution in [0.15, 0.2) is 47.5 Å². The van der Waals surface area contributed by atoms with E-state index < -0.39 is 0 Å². The Hall–Kier alpha value is -1.67. The van der Waals surface area contributed by atoms with Gasteiger partial charge in [-0.3, -0.25) is 4.99 Å². The molecule has 0 fully saturated rings. The first-order valence-corrected chi connectivity index (χ1v) is 7.94. The largest absolute Gasteiger partial charge is 0.497 e. The first-order chi connectivity index (χ1) is 11.7. The summed E-state index contributed by atoms with van der Waals surface area (Å²) < 4.78 is 10.6. The predicted octanol–water partition coefficient (Wildman–Crippen LogP) is 3.84. The van der Waals surface area contributed by atoms with E-state index in [2.05, 4.69) is 15.6 Å². The highest BCUT2D eigenvalue weighted by atomic mass is 127. The number of guanidine groups is 1. The minimum Gasteiger partial charge on any atom is -0.497 e. The molecule has 2 N–H and O–H groups in total. The molecule has 0 bridgehead atoms. The maximum absolute atomic E-state index is 5.89. The van der Waals surface area contributed by atoms with Crippen LogP contribution >= 0.6 is 35.6 Å². The number of benzene rings is 2. The van der Waals surface area contributed by atoms with Gasteiger partial charge in [0.25, 0.3) is 0 Å². The smallest absolute Gasteiger partial charge is 0.191 e. The summed E-state index contributed by atoms with van der Waals surface area (Å²) in [7, 11) is 5.02. The van der Waals surface area contributed by atoms with Crippen molar-refractivity contribution >= 4 is 41.5 Å². The van der Waals surface area contributed by atoms with Crippen molar-refractivity contribution in [2.75, 3.05) is 21.3 Å². The Labute approximate surface area is 170 Å². The van der Waals surface area contributed by atoms with Crippen molar-refractivity contribution in [2.24, 2.45) is 4.99 Å². The molecule has 136 valence electrons. The van der Waals surface area contributed by atoms with Crippen molar-refractivity contribution in [2.45, 2.75) is 13.1 Å². The first kappa shape index (κ1) is 21.4. The fourth-order valence-electron chi connectivity index (χ4n) is 2.19. The third-order valence-electron chi connectivity index (χ3n) is 3.54. The summed E-state index contributed by atoms with van der Waals surface area (Å²) >= 11 is 5.89. The van der Waals surface area contributed by atoms with Crippen molar-refractivity contribution in [3.8, 4) is 11.5 Å². The minimum atomic E-state index is 0. The van der Waals surface area contributed by atoms with E-state index in [9.17, 15) is 0 Å². The summed E-state index contributed by atoms with van der Waals surface area (Å²) in [5, 5.41) is 7.27. The third-order valence-corrected chi connectivity index (χ3v) is 3.79. The van der Waals surface area contributed by atoms with Gasteiger partial charge in [0, 0.05) is 36.8 Å². The van der Waals surface area contributed by atoms with Crippen molar-refractivity contribution in [1.82, 2.24) is 10.6 Å². The van der Waals surface area contributed by atoms with Gasteiger partial charge in [-0.25, -0.2) is 0 Å². The zero-order chi connectivity index (χ0) is 17.4. The molecule has 0 aliphatic heterocycles. The van der Waals surface area contributed by atoms with Crippen LogP contribution in [0.25, 0.3) is 0 Å². The molecule has 0 amide bonds. The van der Waals surface area contributed by atoms with E-state index >= 15 is 0 Å². The van der Waals surface area contributed by atoms with Crippen LogP contribution in [-0.4, -0.2) is 27.2 Å². The number of hydrogen-bond acceptors (Lipinski definition) is 3. The van der Waals surface area contributed by atoms with Crippen LogP contribution in [0, 0.1) is 0 Å². The van der Waals surface area contributed by atoms with Gasteiger partial charge in [-0.15, -0.1) is 24.0 Å². The van der Waals surface area contributed by atoms with E-state index in [-0.39, 0.29) is 24.0 Å². The molecule has 0 aliphatic rings. The third kappa shape index (κ3) is 6.62. The maximum Gasteiger partial charge on any atom is 0.191 e. The molecule has 0 aliphatic carbocycles. The van der Waals surface area contributed by atoms with Crippen molar-refractivity contribution < 1.29 is 9.47 Å². The van der Waals surface area contributed by atoms with E-state index in [4.69, 9.17) is 21.1 Å². The van der Waals surface area contributed by atoms with Crippen LogP contribution in [0.3, 0.4) is 0 Å². The predicted molar refractivity (Wildman–Crippen MR) is 113 cm³/mol. The number of rotatable bonds is 6. The second-order valence-electron chi connectivity index (χ2n) is 5.08. The van der Waals surface area contributed by atoms with E-state index in [0.29, 0.717) is 19.0 Å². The van der Waals surface area contributed by atoms with Gasteiger partial charge in [0.15, 0.2) is 5.96 Å². The molecule has 0 saturated heterocycles. The number of ether oxygens (including phenoxy) is 2. The van der Waals surface area contributed by atoms with E-state index in [1.54, 1.807) is 21.3 Å². The average Bonchev–Trinajstić information content (AvgIpc) is 2.63. The van der Waals surface area contributed by atoms with Gasteiger partial charge in [0.1, 0.15) is 11.5 Å². The van der Waals surface area contributed by atoms with Gasteiger partial charge in [0.05, 0.1) is 14.2 Å². The fraction of sp³-hybridized carbons (Fsp3) is 0.278. The minimum absolute atomic E-state index is 0. The summed E-state index contributed by atoms with van der Waals surface area (Å²) in [6, 6.07) is 13.4. The Morgan fingerprint density at radius 1 is 1.00 bits per heavy atom. The summed E-state index contributed by atoms with van der Waals surface area (Å²) in [4.78, 5) is 4.23. The van der Waals surface area contributed by atoms with Crippen molar-refractivity contribution in [3.63, 3.8) is 0 Å². The lowest BCUT2D eigenvalue weighted by Gasteiger charge is -2.14. The zero-order valence-corrected chi connectivity index (χ0v) is 17.6. The van der Waals surface area contributed by atoms with E-state index in [0.717, 1.165) is 27.6 Å². The molecule has 2 aromatic rings. The normalized spacial score (nSPS) is 10.6. The van der Waals surface area contributed by atoms with Gasteiger partial charge in [-0.2, -0.15) is 0 Å². The standard InChI is InChI=1S/C18H22ClN3O2.HI/c1-20-18(21-11-13-4-7-15(19)8-5-13)22-12-14-6-9-16(23-2)10-17(14)24-3;/h4-10H,11-12H2,1-3H3,(H2,20,21,22);1H. The number of nitrogens with zero attached hydrogens (tertiary/aromatic N) is 1. The van der Waals surface area contributed by atoms with Crippen molar-refractivity contribution in [1.29, 1.82) is 0 Å². The van der Waals surface area contributed by atoms with Gasteiger partial charge in [0.2, 0.25) is 0 Å². The second-order valence-corrected chi connectivity index (χ2v) is 5.52. The van der Waals surface area contributed by atoms with Gasteiger partial charge < -0.3 is 20.1 Å². The highest BCUT2D eigenvalue weighted by molar-refractivity contribution is 14.0. The molecule has 5 nitrogen and oxygen atoms in total. The summed E-state index contributed by atoms with van der Waals surface area (Å²) in [5.74, 6) is 2.25. The molecule has 2 aromatic carbocycles. The number of nitrogens with one attached hydrogen (secondary N) is 2. The Kier molecular flexibility index (Phi) is 9.44. The molecule has 25 heavy (non-hydrogen) atoms. The topological polar surface area (TPSA) is 54.9 Å². The van der Waals surface area contributed by atoms with Gasteiger partial charge >= 0.3 is 0 Å². The molecule has 0 heterocycles. The maximum atomic E-state index is 5.89. The summed E-state index contributed by atoms with van der Waals surface area (Å²) in [5.41, 5.74) is 2.15. The van der Waals surface area contributed by atoms with Gasteiger partial charge in [-0.05, 0) is 29.8 Å². The molecule has 0 radical (unpaired) electrons. The highest BCUT2D eigenvalue weighted by Crippen LogP contribution is 2.24. The van der Waals surface area contributed by atoms with E-state index in [1.165, 1.54) is 0 Å². The molecular formula is C18H23ClIN3O2.